The molecule has 4 nitrogen and oxygen atoms in total. The van der Waals surface area contributed by atoms with Crippen LogP contribution in [-0.2, 0) is 0 Å². The van der Waals surface area contributed by atoms with Crippen LogP contribution in [0.15, 0.2) is 225 Å². The Morgan fingerprint density at radius 3 is 1.59 bits per heavy atom. The van der Waals surface area contributed by atoms with E-state index in [0.29, 0.717) is 0 Å². The maximum absolute atomic E-state index is 4.38. The predicted octanol–water partition coefficient (Wildman–Crippen LogP) is 14.1. The summed E-state index contributed by atoms with van der Waals surface area (Å²) in [7, 11) is 2.10. The van der Waals surface area contributed by atoms with Gasteiger partial charge in [0.1, 0.15) is 0 Å². The summed E-state index contributed by atoms with van der Waals surface area (Å²) in [5.74, 6) is 0. The minimum Gasteiger partial charge on any atom is -0.345 e. The van der Waals surface area contributed by atoms with Gasteiger partial charge in [0.05, 0.1) is 34.0 Å². The zero-order valence-corrected chi connectivity index (χ0v) is 32.2. The van der Waals surface area contributed by atoms with Crippen LogP contribution in [0.25, 0.3) is 77.2 Å². The molecule has 3 aromatic heterocycles. The molecule has 4 heteroatoms. The average Bonchev–Trinajstić information content (AvgIpc) is 3.82. The van der Waals surface area contributed by atoms with Crippen molar-refractivity contribution in [3.8, 4) is 33.6 Å². The van der Waals surface area contributed by atoms with Crippen LogP contribution in [-0.4, -0.2) is 21.2 Å². The van der Waals surface area contributed by atoms with Gasteiger partial charge in [-0.25, -0.2) is 0 Å². The number of nitrogens with zero attached hydrogens (tertiary/aromatic N) is 4. The van der Waals surface area contributed by atoms with E-state index < -0.39 is 0 Å². The van der Waals surface area contributed by atoms with Gasteiger partial charge in [-0.2, -0.15) is 0 Å². The van der Waals surface area contributed by atoms with E-state index in [2.05, 4.69) is 220 Å². The van der Waals surface area contributed by atoms with E-state index in [0.717, 1.165) is 5.69 Å². The summed E-state index contributed by atoms with van der Waals surface area (Å²) >= 11 is 0. The van der Waals surface area contributed by atoms with Gasteiger partial charge in [-0.15, -0.1) is 0 Å². The molecule has 0 saturated heterocycles. The number of hydrogen-bond acceptors (Lipinski definition) is 2. The zero-order chi connectivity index (χ0) is 38.8. The molecule has 0 radical (unpaired) electrons. The first-order valence-electron chi connectivity index (χ1n) is 19.7. The monoisotopic (exact) mass is 744 g/mol. The van der Waals surface area contributed by atoms with Crippen LogP contribution in [0.2, 0.25) is 0 Å². The Morgan fingerprint density at radius 2 is 0.862 bits per heavy atom. The lowest BCUT2D eigenvalue weighted by Crippen LogP contribution is -2.08. The molecule has 0 spiro atoms. The number of aromatic nitrogens is 3. The smallest absolute Gasteiger partial charge is 0.0645 e. The molecule has 0 aliphatic heterocycles. The standard InChI is InChI=1S/C35H23N3.C19H17N/c1-2-9-26(10-3-1)37-32-14-6-4-12-28(32)30-18-16-25(22-35(30)37)24-17-19-34-31(21-24)29-13-5-7-15-33(29)38(34)27-11-8-20-36-23-27;1-20(18-12-6-3-7-13-18)19-14-8-11-17(15-19)16-9-4-2-5-10-16/h1-23H;2-15H,1H3. The third-order valence-electron chi connectivity index (χ3n) is 11.1. The van der Waals surface area contributed by atoms with Crippen molar-refractivity contribution in [2.75, 3.05) is 11.9 Å². The van der Waals surface area contributed by atoms with Crippen molar-refractivity contribution in [3.63, 3.8) is 0 Å². The number of hydrogen-bond donors (Lipinski definition) is 0. The van der Waals surface area contributed by atoms with Crippen molar-refractivity contribution in [2.24, 2.45) is 0 Å². The van der Waals surface area contributed by atoms with Gasteiger partial charge in [-0.05, 0) is 101 Å². The van der Waals surface area contributed by atoms with Gasteiger partial charge in [0, 0.05) is 51.9 Å². The van der Waals surface area contributed by atoms with Crippen LogP contribution < -0.4 is 4.90 Å². The fraction of sp³-hybridized carbons (Fsp3) is 0.0185. The van der Waals surface area contributed by atoms with Crippen molar-refractivity contribution < 1.29 is 0 Å². The van der Waals surface area contributed by atoms with Gasteiger partial charge in [-0.1, -0.05) is 133 Å². The topological polar surface area (TPSA) is 26.0 Å². The van der Waals surface area contributed by atoms with Crippen LogP contribution in [0.1, 0.15) is 0 Å². The highest BCUT2D eigenvalue weighted by molar-refractivity contribution is 6.12. The fourth-order valence-electron chi connectivity index (χ4n) is 8.25. The van der Waals surface area contributed by atoms with Crippen LogP contribution in [0, 0.1) is 0 Å². The first-order valence-corrected chi connectivity index (χ1v) is 19.7. The van der Waals surface area contributed by atoms with Crippen molar-refractivity contribution in [2.45, 2.75) is 0 Å². The second kappa shape index (κ2) is 15.1. The number of benzene rings is 8. The Kier molecular flexibility index (Phi) is 9.05. The largest absolute Gasteiger partial charge is 0.345 e. The highest BCUT2D eigenvalue weighted by atomic mass is 15.1. The molecule has 3 heterocycles. The molecule has 0 aliphatic rings. The molecule has 11 rings (SSSR count). The number of anilines is 2. The summed E-state index contributed by atoms with van der Waals surface area (Å²) in [6.45, 7) is 0. The van der Waals surface area contributed by atoms with Crippen LogP contribution in [0.3, 0.4) is 0 Å². The molecule has 0 bridgehead atoms. The molecular weight excluding hydrogens is 705 g/mol. The van der Waals surface area contributed by atoms with Crippen molar-refractivity contribution >= 4 is 55.0 Å². The van der Waals surface area contributed by atoms with Gasteiger partial charge in [-0.3, -0.25) is 4.98 Å². The molecule has 0 N–H and O–H groups in total. The molecule has 11 aromatic rings. The van der Waals surface area contributed by atoms with Crippen LogP contribution in [0.5, 0.6) is 0 Å². The second-order valence-electron chi connectivity index (χ2n) is 14.5. The minimum absolute atomic E-state index is 1.07. The lowest BCUT2D eigenvalue weighted by atomic mass is 10.0. The molecule has 8 aromatic carbocycles. The molecule has 0 atom stereocenters. The molecule has 0 amide bonds. The predicted molar refractivity (Wildman–Crippen MR) is 245 cm³/mol. The molecule has 276 valence electrons. The Hall–Kier alpha value is -7.69. The molecule has 58 heavy (non-hydrogen) atoms. The Balaban J connectivity index is 0.000000172. The molecule has 0 unspecified atom stereocenters. The third kappa shape index (κ3) is 6.37. The lowest BCUT2D eigenvalue weighted by Gasteiger charge is -2.20. The van der Waals surface area contributed by atoms with Gasteiger partial charge < -0.3 is 14.0 Å². The summed E-state index contributed by atoms with van der Waals surface area (Å²) in [6, 6.07) is 75.2. The van der Waals surface area contributed by atoms with Crippen molar-refractivity contribution in [3.05, 3.63) is 225 Å². The van der Waals surface area contributed by atoms with Gasteiger partial charge >= 0.3 is 0 Å². The SMILES string of the molecule is CN(c1ccccc1)c1cccc(-c2ccccc2)c1.c1ccc(-n2c3ccccc3c3ccc(-c4ccc5c(c4)c4ccccc4n5-c4cccnc4)cc32)cc1. The van der Waals surface area contributed by atoms with Crippen molar-refractivity contribution in [1.29, 1.82) is 0 Å². The Labute approximate surface area is 338 Å². The highest BCUT2D eigenvalue weighted by Crippen LogP contribution is 2.38. The van der Waals surface area contributed by atoms with Gasteiger partial charge in [0.15, 0.2) is 0 Å². The van der Waals surface area contributed by atoms with Gasteiger partial charge in [0.25, 0.3) is 0 Å². The van der Waals surface area contributed by atoms with Crippen LogP contribution >= 0.6 is 0 Å². The zero-order valence-electron chi connectivity index (χ0n) is 32.2. The van der Waals surface area contributed by atoms with Gasteiger partial charge in [0.2, 0.25) is 0 Å². The maximum atomic E-state index is 4.38. The normalized spacial score (nSPS) is 11.2. The number of fused-ring (bicyclic) bond motifs is 6. The molecule has 0 saturated carbocycles. The van der Waals surface area contributed by atoms with E-state index in [-0.39, 0.29) is 0 Å². The third-order valence-corrected chi connectivity index (χ3v) is 11.1. The maximum Gasteiger partial charge on any atom is 0.0645 e. The number of para-hydroxylation sites is 4. The van der Waals surface area contributed by atoms with E-state index in [1.54, 1.807) is 0 Å². The molecular formula is C54H40N4. The summed E-state index contributed by atoms with van der Waals surface area (Å²) < 4.78 is 4.68. The van der Waals surface area contributed by atoms with E-state index in [4.69, 9.17) is 0 Å². The first-order chi connectivity index (χ1) is 28.7. The van der Waals surface area contributed by atoms with E-state index in [1.165, 1.54) is 82.9 Å². The van der Waals surface area contributed by atoms with Crippen molar-refractivity contribution in [1.82, 2.24) is 14.1 Å². The van der Waals surface area contributed by atoms with Crippen LogP contribution in [0.4, 0.5) is 11.4 Å². The second-order valence-corrected chi connectivity index (χ2v) is 14.5. The fourth-order valence-corrected chi connectivity index (χ4v) is 8.25. The molecule has 0 fully saturated rings. The summed E-state index contributed by atoms with van der Waals surface area (Å²) in [6.07, 6.45) is 3.75. The lowest BCUT2D eigenvalue weighted by molar-refractivity contribution is 1.14. The average molecular weight is 745 g/mol. The highest BCUT2D eigenvalue weighted by Gasteiger charge is 2.16. The van der Waals surface area contributed by atoms with E-state index >= 15 is 0 Å². The summed E-state index contributed by atoms with van der Waals surface area (Å²) in [4.78, 5) is 6.58. The number of pyridine rings is 1. The van der Waals surface area contributed by atoms with E-state index in [9.17, 15) is 0 Å². The minimum atomic E-state index is 1.07. The first kappa shape index (κ1) is 34.8. The summed E-state index contributed by atoms with van der Waals surface area (Å²) in [5.41, 5.74) is 14.3. The Bertz CT molecular complexity index is 3170. The molecule has 0 aliphatic carbocycles. The Morgan fingerprint density at radius 1 is 0.345 bits per heavy atom. The number of rotatable bonds is 6. The quantitative estimate of drug-likeness (QED) is 0.169. The summed E-state index contributed by atoms with van der Waals surface area (Å²) in [5, 5.41) is 5.02. The van der Waals surface area contributed by atoms with E-state index in [1.807, 2.05) is 30.6 Å².